The number of nitrogens with zero attached hydrogens (tertiary/aromatic N) is 1. The summed E-state index contributed by atoms with van der Waals surface area (Å²) in [4.78, 5) is 11.0. The minimum Gasteiger partial charge on any atom is -0.469 e. The van der Waals surface area contributed by atoms with Gasteiger partial charge in [0.1, 0.15) is 0 Å². The third kappa shape index (κ3) is 5.82. The molecule has 0 amide bonds. The standard InChI is InChI=1S/C14H22N2O4S/c1-12-6-4-5-7-13(12)8-10-15-21(18,19)16(2)11-9-14(17)20-3/h4-7,15H,8-11H2,1-3H3. The number of esters is 1. The lowest BCUT2D eigenvalue weighted by molar-refractivity contribution is -0.140. The van der Waals surface area contributed by atoms with Crippen LogP contribution in [0.25, 0.3) is 0 Å². The van der Waals surface area contributed by atoms with E-state index < -0.39 is 16.2 Å². The van der Waals surface area contributed by atoms with Gasteiger partial charge in [-0.1, -0.05) is 24.3 Å². The van der Waals surface area contributed by atoms with Gasteiger partial charge in [-0.15, -0.1) is 0 Å². The minimum absolute atomic E-state index is 0.0334. The Kier molecular flexibility index (Phi) is 6.80. The molecule has 0 heterocycles. The van der Waals surface area contributed by atoms with Crippen molar-refractivity contribution >= 4 is 16.2 Å². The highest BCUT2D eigenvalue weighted by Crippen LogP contribution is 2.07. The van der Waals surface area contributed by atoms with Crippen molar-refractivity contribution in [3.8, 4) is 0 Å². The van der Waals surface area contributed by atoms with Crippen LogP contribution in [-0.4, -0.2) is 45.9 Å². The van der Waals surface area contributed by atoms with Crippen LogP contribution in [0.1, 0.15) is 17.5 Å². The molecule has 0 aromatic heterocycles. The monoisotopic (exact) mass is 314 g/mol. The number of carbonyl (C=O) groups is 1. The molecule has 0 fully saturated rings. The zero-order valence-electron chi connectivity index (χ0n) is 12.6. The molecule has 0 aliphatic carbocycles. The lowest BCUT2D eigenvalue weighted by Crippen LogP contribution is -2.40. The number of rotatable bonds is 8. The number of ether oxygens (including phenoxy) is 1. The van der Waals surface area contributed by atoms with Gasteiger partial charge in [0.2, 0.25) is 0 Å². The quantitative estimate of drug-likeness (QED) is 0.722. The third-order valence-corrected chi connectivity index (χ3v) is 4.78. The van der Waals surface area contributed by atoms with E-state index >= 15 is 0 Å². The van der Waals surface area contributed by atoms with Crippen LogP contribution in [-0.2, 0) is 26.2 Å². The van der Waals surface area contributed by atoms with Crippen LogP contribution < -0.4 is 4.72 Å². The molecule has 1 aromatic rings. The van der Waals surface area contributed by atoms with Gasteiger partial charge in [-0.3, -0.25) is 4.79 Å². The summed E-state index contributed by atoms with van der Waals surface area (Å²) in [5, 5.41) is 0. The molecule has 0 aliphatic rings. The molecule has 1 rings (SSSR count). The summed E-state index contributed by atoms with van der Waals surface area (Å²) in [5.41, 5.74) is 2.24. The normalized spacial score (nSPS) is 11.6. The summed E-state index contributed by atoms with van der Waals surface area (Å²) in [6, 6.07) is 7.85. The zero-order chi connectivity index (χ0) is 15.9. The van der Waals surface area contributed by atoms with Crippen molar-refractivity contribution in [1.82, 2.24) is 9.03 Å². The highest BCUT2D eigenvalue weighted by molar-refractivity contribution is 7.87. The summed E-state index contributed by atoms with van der Waals surface area (Å²) in [6.45, 7) is 2.40. The van der Waals surface area contributed by atoms with Crippen molar-refractivity contribution in [1.29, 1.82) is 0 Å². The minimum atomic E-state index is -3.57. The Hall–Kier alpha value is -1.44. The first-order chi connectivity index (χ1) is 9.86. The molecular weight excluding hydrogens is 292 g/mol. The third-order valence-electron chi connectivity index (χ3n) is 3.21. The number of hydrogen-bond donors (Lipinski definition) is 1. The fourth-order valence-electron chi connectivity index (χ4n) is 1.79. The van der Waals surface area contributed by atoms with Crippen LogP contribution >= 0.6 is 0 Å². The number of methoxy groups -OCH3 is 1. The summed E-state index contributed by atoms with van der Waals surface area (Å²) >= 11 is 0. The van der Waals surface area contributed by atoms with Gasteiger partial charge in [0.25, 0.3) is 10.2 Å². The number of benzene rings is 1. The summed E-state index contributed by atoms with van der Waals surface area (Å²) < 4.78 is 32.1. The molecule has 21 heavy (non-hydrogen) atoms. The topological polar surface area (TPSA) is 75.7 Å². The fourth-order valence-corrected chi connectivity index (χ4v) is 2.70. The average Bonchev–Trinajstić information content (AvgIpc) is 2.46. The fraction of sp³-hybridized carbons (Fsp3) is 0.500. The highest BCUT2D eigenvalue weighted by atomic mass is 32.2. The second-order valence-corrected chi connectivity index (χ2v) is 6.59. The molecule has 1 aromatic carbocycles. The van der Waals surface area contributed by atoms with Crippen LogP contribution in [0.4, 0.5) is 0 Å². The van der Waals surface area contributed by atoms with Gasteiger partial charge in [-0.2, -0.15) is 12.7 Å². The van der Waals surface area contributed by atoms with Gasteiger partial charge in [-0.05, 0) is 24.5 Å². The lowest BCUT2D eigenvalue weighted by Gasteiger charge is -2.17. The Morgan fingerprint density at radius 2 is 2.00 bits per heavy atom. The summed E-state index contributed by atoms with van der Waals surface area (Å²) in [7, 11) is -0.867. The van der Waals surface area contributed by atoms with Gasteiger partial charge >= 0.3 is 5.97 Å². The second-order valence-electron chi connectivity index (χ2n) is 4.72. The van der Waals surface area contributed by atoms with Crippen LogP contribution in [0, 0.1) is 6.92 Å². The van der Waals surface area contributed by atoms with E-state index in [-0.39, 0.29) is 13.0 Å². The van der Waals surface area contributed by atoms with Crippen molar-refractivity contribution in [3.05, 3.63) is 35.4 Å². The van der Waals surface area contributed by atoms with Gasteiger partial charge < -0.3 is 4.74 Å². The highest BCUT2D eigenvalue weighted by Gasteiger charge is 2.17. The molecule has 1 N–H and O–H groups in total. The van der Waals surface area contributed by atoms with Crippen molar-refractivity contribution < 1.29 is 17.9 Å². The van der Waals surface area contributed by atoms with Crippen molar-refractivity contribution in [3.63, 3.8) is 0 Å². The Morgan fingerprint density at radius 3 is 2.62 bits per heavy atom. The van der Waals surface area contributed by atoms with Gasteiger partial charge in [0.05, 0.1) is 13.5 Å². The second kappa shape index (κ2) is 8.11. The van der Waals surface area contributed by atoms with Crippen molar-refractivity contribution in [2.45, 2.75) is 19.8 Å². The first kappa shape index (κ1) is 17.6. The number of carbonyl (C=O) groups excluding carboxylic acids is 1. The molecule has 0 bridgehead atoms. The molecule has 0 unspecified atom stereocenters. The largest absolute Gasteiger partial charge is 0.469 e. The van der Waals surface area contributed by atoms with E-state index in [9.17, 15) is 13.2 Å². The van der Waals surface area contributed by atoms with E-state index in [1.165, 1.54) is 14.2 Å². The van der Waals surface area contributed by atoms with Crippen LogP contribution in [0.15, 0.2) is 24.3 Å². The predicted octanol–water partition coefficient (Wildman–Crippen LogP) is 0.867. The first-order valence-electron chi connectivity index (χ1n) is 6.69. The Morgan fingerprint density at radius 1 is 1.33 bits per heavy atom. The Labute approximate surface area is 126 Å². The smallest absolute Gasteiger partial charge is 0.306 e. The summed E-state index contributed by atoms with van der Waals surface area (Å²) in [6.07, 6.45) is 0.655. The van der Waals surface area contributed by atoms with E-state index in [0.29, 0.717) is 13.0 Å². The van der Waals surface area contributed by atoms with Crippen molar-refractivity contribution in [2.24, 2.45) is 0 Å². The van der Waals surface area contributed by atoms with Gasteiger partial charge in [0.15, 0.2) is 0 Å². The van der Waals surface area contributed by atoms with Gasteiger partial charge in [0, 0.05) is 20.1 Å². The first-order valence-corrected chi connectivity index (χ1v) is 8.13. The molecule has 0 aliphatic heterocycles. The maximum absolute atomic E-state index is 12.0. The zero-order valence-corrected chi connectivity index (χ0v) is 13.4. The number of aryl methyl sites for hydroxylation is 1. The van der Waals surface area contributed by atoms with E-state index in [1.54, 1.807) is 0 Å². The Balaban J connectivity index is 2.45. The van der Waals surface area contributed by atoms with Gasteiger partial charge in [-0.25, -0.2) is 4.72 Å². The maximum atomic E-state index is 12.0. The molecule has 118 valence electrons. The number of hydrogen-bond acceptors (Lipinski definition) is 4. The lowest BCUT2D eigenvalue weighted by atomic mass is 10.1. The van der Waals surface area contributed by atoms with Crippen LogP contribution in [0.2, 0.25) is 0 Å². The molecule has 6 nitrogen and oxygen atoms in total. The summed E-state index contributed by atoms with van der Waals surface area (Å²) in [5.74, 6) is -0.433. The van der Waals surface area contributed by atoms with E-state index in [0.717, 1.165) is 15.4 Å². The SMILES string of the molecule is COC(=O)CCN(C)S(=O)(=O)NCCc1ccccc1C. The maximum Gasteiger partial charge on any atom is 0.306 e. The molecule has 0 atom stereocenters. The molecule has 7 heteroatoms. The van der Waals surface area contributed by atoms with E-state index in [1.807, 2.05) is 31.2 Å². The molecular formula is C14H22N2O4S. The molecule has 0 spiro atoms. The van der Waals surface area contributed by atoms with Crippen LogP contribution in [0.5, 0.6) is 0 Å². The Bertz CT molecular complexity index is 572. The van der Waals surface area contributed by atoms with Crippen molar-refractivity contribution in [2.75, 3.05) is 27.2 Å². The number of nitrogens with one attached hydrogen (secondary N) is 1. The molecule has 0 radical (unpaired) electrons. The van der Waals surface area contributed by atoms with Crippen LogP contribution in [0.3, 0.4) is 0 Å². The average molecular weight is 314 g/mol. The predicted molar refractivity (Wildman–Crippen MR) is 81.1 cm³/mol. The van der Waals surface area contributed by atoms with E-state index in [2.05, 4.69) is 9.46 Å². The van der Waals surface area contributed by atoms with E-state index in [4.69, 9.17) is 0 Å². The molecule has 0 saturated heterocycles. The molecule has 0 saturated carbocycles.